The Kier molecular flexibility index (Phi) is 4.38. The summed E-state index contributed by atoms with van der Waals surface area (Å²) in [5.74, 6) is 0.240. The van der Waals surface area contributed by atoms with E-state index in [-0.39, 0.29) is 23.8 Å². The van der Waals surface area contributed by atoms with Crippen molar-refractivity contribution in [2.45, 2.75) is 45.2 Å². The Morgan fingerprint density at radius 3 is 2.72 bits per heavy atom. The Balaban J connectivity index is 1.21. The molecule has 0 atom stereocenters. The second-order valence-electron chi connectivity index (χ2n) is 8.31. The molecule has 0 radical (unpaired) electrons. The van der Waals surface area contributed by atoms with Crippen LogP contribution in [-0.2, 0) is 11.3 Å². The molecule has 1 aliphatic heterocycles. The largest absolute Gasteiger partial charge is 0.361 e. The number of amides is 2. The molecule has 0 saturated heterocycles. The summed E-state index contributed by atoms with van der Waals surface area (Å²) < 4.78 is 0. The number of fused-ring (bicyclic) bond motifs is 2. The lowest BCUT2D eigenvalue weighted by molar-refractivity contribution is -0.121. The van der Waals surface area contributed by atoms with E-state index in [9.17, 15) is 9.59 Å². The van der Waals surface area contributed by atoms with Crippen molar-refractivity contribution in [3.63, 3.8) is 0 Å². The first kappa shape index (κ1) is 18.0. The number of hydrogen-bond acceptors (Lipinski definition) is 2. The Bertz CT molecular complexity index is 1090. The highest BCUT2D eigenvalue weighted by Crippen LogP contribution is 2.34. The lowest BCUT2D eigenvalue weighted by atomic mass is 9.84. The van der Waals surface area contributed by atoms with Crippen molar-refractivity contribution >= 4 is 28.4 Å². The molecule has 2 amide bonds. The van der Waals surface area contributed by atoms with E-state index in [1.165, 1.54) is 5.56 Å². The minimum absolute atomic E-state index is 0.00686. The average Bonchev–Trinajstić information content (AvgIpc) is 3.33. The maximum absolute atomic E-state index is 12.8. The highest BCUT2D eigenvalue weighted by molar-refractivity contribution is 5.99. The van der Waals surface area contributed by atoms with Gasteiger partial charge in [0.05, 0.1) is 0 Å². The number of benzene rings is 2. The van der Waals surface area contributed by atoms with Crippen LogP contribution >= 0.6 is 0 Å². The zero-order valence-corrected chi connectivity index (χ0v) is 16.6. The first-order chi connectivity index (χ1) is 14.1. The van der Waals surface area contributed by atoms with Gasteiger partial charge in [-0.1, -0.05) is 18.2 Å². The molecule has 0 spiro atoms. The van der Waals surface area contributed by atoms with Crippen LogP contribution < -0.4 is 5.32 Å². The summed E-state index contributed by atoms with van der Waals surface area (Å²) in [4.78, 5) is 30.8. The molecule has 5 rings (SSSR count). The van der Waals surface area contributed by atoms with E-state index >= 15 is 0 Å². The summed E-state index contributed by atoms with van der Waals surface area (Å²) in [5.41, 5.74) is 5.05. The standard InChI is InChI=1S/C24H25N3O2/c1-15-3-2-4-20-21(15)14-27(24(20)29)19-9-6-17(7-10-19)23(28)26-18-8-5-16-11-12-25-22(16)13-18/h2-5,8,11-13,17,19,25H,6-7,9-10,14H2,1H3,(H,26,28). The van der Waals surface area contributed by atoms with Crippen molar-refractivity contribution in [3.05, 3.63) is 65.4 Å². The third kappa shape index (κ3) is 3.20. The fourth-order valence-corrected chi connectivity index (χ4v) is 4.82. The minimum Gasteiger partial charge on any atom is -0.361 e. The maximum Gasteiger partial charge on any atom is 0.254 e. The molecule has 148 valence electrons. The second kappa shape index (κ2) is 7.07. The summed E-state index contributed by atoms with van der Waals surface area (Å²) in [6.45, 7) is 2.78. The van der Waals surface area contributed by atoms with Gasteiger partial charge in [0.15, 0.2) is 0 Å². The SMILES string of the molecule is Cc1cccc2c1CN(C1CCC(C(=O)Nc3ccc4cc[nH]c4c3)CC1)C2=O. The maximum atomic E-state index is 12.8. The van der Waals surface area contributed by atoms with Gasteiger partial charge in [-0.3, -0.25) is 9.59 Å². The molecule has 5 heteroatoms. The van der Waals surface area contributed by atoms with Crippen LogP contribution in [0, 0.1) is 12.8 Å². The van der Waals surface area contributed by atoms with Crippen LogP contribution in [0.15, 0.2) is 48.7 Å². The zero-order valence-electron chi connectivity index (χ0n) is 16.6. The molecule has 29 heavy (non-hydrogen) atoms. The lowest BCUT2D eigenvalue weighted by Gasteiger charge is -2.34. The van der Waals surface area contributed by atoms with Crippen LogP contribution in [0.5, 0.6) is 0 Å². The molecule has 1 aromatic heterocycles. The van der Waals surface area contributed by atoms with Crippen LogP contribution in [0.4, 0.5) is 5.69 Å². The topological polar surface area (TPSA) is 65.2 Å². The highest BCUT2D eigenvalue weighted by atomic mass is 16.2. The van der Waals surface area contributed by atoms with Gasteiger partial charge < -0.3 is 15.2 Å². The third-order valence-corrected chi connectivity index (χ3v) is 6.56. The first-order valence-corrected chi connectivity index (χ1v) is 10.4. The number of aromatic amines is 1. The van der Waals surface area contributed by atoms with Crippen LogP contribution in [0.1, 0.15) is 47.2 Å². The van der Waals surface area contributed by atoms with E-state index in [1.54, 1.807) is 0 Å². The Hall–Kier alpha value is -3.08. The van der Waals surface area contributed by atoms with E-state index in [0.29, 0.717) is 6.54 Å². The minimum atomic E-state index is 0.00686. The molecule has 0 unspecified atom stereocenters. The predicted octanol–water partition coefficient (Wildman–Crippen LogP) is 4.63. The summed E-state index contributed by atoms with van der Waals surface area (Å²) in [7, 11) is 0. The van der Waals surface area contributed by atoms with Gasteiger partial charge in [0.2, 0.25) is 5.91 Å². The number of carbonyl (C=O) groups excluding carboxylic acids is 2. The summed E-state index contributed by atoms with van der Waals surface area (Å²) in [5, 5.41) is 4.20. The number of aryl methyl sites for hydroxylation is 1. The highest BCUT2D eigenvalue weighted by Gasteiger charge is 2.36. The van der Waals surface area contributed by atoms with E-state index in [2.05, 4.69) is 23.3 Å². The first-order valence-electron chi connectivity index (χ1n) is 10.4. The molecule has 2 N–H and O–H groups in total. The number of H-pyrrole nitrogens is 1. The number of rotatable bonds is 3. The van der Waals surface area contributed by atoms with E-state index < -0.39 is 0 Å². The molecule has 0 bridgehead atoms. The van der Waals surface area contributed by atoms with Crippen molar-refractivity contribution in [2.24, 2.45) is 5.92 Å². The third-order valence-electron chi connectivity index (χ3n) is 6.56. The molecule has 2 aliphatic rings. The van der Waals surface area contributed by atoms with Crippen molar-refractivity contribution in [1.29, 1.82) is 0 Å². The van der Waals surface area contributed by atoms with Gasteiger partial charge in [0, 0.05) is 41.5 Å². The van der Waals surface area contributed by atoms with E-state index in [1.807, 2.05) is 47.5 Å². The molecule has 1 fully saturated rings. The molecule has 2 heterocycles. The average molecular weight is 387 g/mol. The summed E-state index contributed by atoms with van der Waals surface area (Å²) in [6, 6.07) is 14.1. The monoisotopic (exact) mass is 387 g/mol. The number of nitrogens with zero attached hydrogens (tertiary/aromatic N) is 1. The van der Waals surface area contributed by atoms with E-state index in [4.69, 9.17) is 0 Å². The fraction of sp³-hybridized carbons (Fsp3) is 0.333. The fourth-order valence-electron chi connectivity index (χ4n) is 4.82. The molecular weight excluding hydrogens is 362 g/mol. The van der Waals surface area contributed by atoms with Gasteiger partial charge in [-0.25, -0.2) is 0 Å². The molecule has 1 saturated carbocycles. The second-order valence-corrected chi connectivity index (χ2v) is 8.31. The van der Waals surface area contributed by atoms with Gasteiger partial charge in [-0.05, 0) is 73.4 Å². The van der Waals surface area contributed by atoms with Crippen molar-refractivity contribution in [1.82, 2.24) is 9.88 Å². The van der Waals surface area contributed by atoms with Gasteiger partial charge in [0.25, 0.3) is 5.91 Å². The molecule has 1 aliphatic carbocycles. The van der Waals surface area contributed by atoms with Gasteiger partial charge in [-0.15, -0.1) is 0 Å². The Labute approximate surface area is 170 Å². The van der Waals surface area contributed by atoms with Crippen LogP contribution in [0.25, 0.3) is 10.9 Å². The molecule has 2 aromatic carbocycles. The summed E-state index contributed by atoms with van der Waals surface area (Å²) in [6.07, 6.45) is 5.30. The number of carbonyl (C=O) groups is 2. The van der Waals surface area contributed by atoms with Crippen LogP contribution in [-0.4, -0.2) is 27.7 Å². The molecule has 3 aromatic rings. The lowest BCUT2D eigenvalue weighted by Crippen LogP contribution is -2.40. The van der Waals surface area contributed by atoms with Gasteiger partial charge in [0.1, 0.15) is 0 Å². The zero-order chi connectivity index (χ0) is 20.0. The number of nitrogens with one attached hydrogen (secondary N) is 2. The smallest absolute Gasteiger partial charge is 0.254 e. The van der Waals surface area contributed by atoms with Gasteiger partial charge >= 0.3 is 0 Å². The normalized spacial score (nSPS) is 21.4. The number of anilines is 1. The van der Waals surface area contributed by atoms with Crippen molar-refractivity contribution in [2.75, 3.05) is 5.32 Å². The van der Waals surface area contributed by atoms with Crippen LogP contribution in [0.2, 0.25) is 0 Å². The van der Waals surface area contributed by atoms with E-state index in [0.717, 1.165) is 53.4 Å². The van der Waals surface area contributed by atoms with Gasteiger partial charge in [-0.2, -0.15) is 0 Å². The van der Waals surface area contributed by atoms with Crippen molar-refractivity contribution < 1.29 is 9.59 Å². The molecular formula is C24H25N3O2. The number of hydrogen-bond donors (Lipinski definition) is 2. The Morgan fingerprint density at radius 1 is 1.10 bits per heavy atom. The molecule has 5 nitrogen and oxygen atoms in total. The Morgan fingerprint density at radius 2 is 1.93 bits per heavy atom. The summed E-state index contributed by atoms with van der Waals surface area (Å²) >= 11 is 0. The predicted molar refractivity (Wildman–Crippen MR) is 114 cm³/mol. The van der Waals surface area contributed by atoms with Crippen LogP contribution in [0.3, 0.4) is 0 Å². The number of aromatic nitrogens is 1. The van der Waals surface area contributed by atoms with Crippen molar-refractivity contribution in [3.8, 4) is 0 Å². The quantitative estimate of drug-likeness (QED) is 0.688.